The van der Waals surface area contributed by atoms with Gasteiger partial charge in [-0.3, -0.25) is 0 Å². The molecule has 0 unspecified atom stereocenters. The lowest BCUT2D eigenvalue weighted by Crippen LogP contribution is -2.06. The van der Waals surface area contributed by atoms with Crippen LogP contribution in [0.1, 0.15) is 32.4 Å². The molecular formula is C13H19N5. The van der Waals surface area contributed by atoms with Crippen molar-refractivity contribution in [1.82, 2.24) is 19.5 Å². The average Bonchev–Trinajstić information content (AvgIpc) is 2.75. The predicted octanol–water partition coefficient (Wildman–Crippen LogP) is 2.43. The first-order valence-electron chi connectivity index (χ1n) is 6.21. The summed E-state index contributed by atoms with van der Waals surface area (Å²) in [5.74, 6) is 1.96. The first kappa shape index (κ1) is 12.5. The van der Waals surface area contributed by atoms with Crippen LogP contribution in [-0.4, -0.2) is 26.1 Å². The topological polar surface area (TPSA) is 55.6 Å². The Kier molecular flexibility index (Phi) is 3.60. The zero-order valence-corrected chi connectivity index (χ0v) is 11.3. The minimum Gasteiger partial charge on any atom is -0.370 e. The molecule has 0 aromatic carbocycles. The number of aryl methyl sites for hydroxylation is 1. The number of rotatable bonds is 4. The maximum Gasteiger partial charge on any atom is 0.180 e. The van der Waals surface area contributed by atoms with Gasteiger partial charge in [0.15, 0.2) is 5.82 Å². The van der Waals surface area contributed by atoms with E-state index in [1.165, 1.54) is 0 Å². The lowest BCUT2D eigenvalue weighted by molar-refractivity contribution is 0.811. The molecule has 0 atom stereocenters. The molecule has 96 valence electrons. The summed E-state index contributed by atoms with van der Waals surface area (Å²) in [5, 5.41) is 3.24. The first-order chi connectivity index (χ1) is 8.61. The normalized spacial score (nSPS) is 10.9. The molecule has 0 amide bonds. The maximum atomic E-state index is 4.61. The summed E-state index contributed by atoms with van der Waals surface area (Å²) in [6.07, 6.45) is 3.54. The molecule has 2 aromatic rings. The van der Waals surface area contributed by atoms with E-state index >= 15 is 0 Å². The number of aromatic nitrogens is 4. The minimum atomic E-state index is 0.373. The van der Waals surface area contributed by atoms with Crippen LogP contribution in [0, 0.1) is 0 Å². The van der Waals surface area contributed by atoms with Gasteiger partial charge in [-0.15, -0.1) is 0 Å². The van der Waals surface area contributed by atoms with Crippen molar-refractivity contribution in [2.45, 2.75) is 26.7 Å². The molecular weight excluding hydrogens is 226 g/mol. The van der Waals surface area contributed by atoms with Gasteiger partial charge in [0.25, 0.3) is 0 Å². The van der Waals surface area contributed by atoms with E-state index < -0.39 is 0 Å². The second kappa shape index (κ2) is 5.16. The third-order valence-corrected chi connectivity index (χ3v) is 2.74. The highest BCUT2D eigenvalue weighted by Crippen LogP contribution is 2.21. The van der Waals surface area contributed by atoms with Crippen molar-refractivity contribution in [2.24, 2.45) is 7.05 Å². The Hall–Kier alpha value is -1.91. The van der Waals surface area contributed by atoms with Crippen molar-refractivity contribution in [3.8, 4) is 11.5 Å². The Bertz CT molecular complexity index is 530. The molecule has 2 heterocycles. The number of imidazole rings is 1. The summed E-state index contributed by atoms with van der Waals surface area (Å²) in [4.78, 5) is 13.2. The van der Waals surface area contributed by atoms with Crippen molar-refractivity contribution < 1.29 is 0 Å². The maximum absolute atomic E-state index is 4.61. The van der Waals surface area contributed by atoms with Crippen LogP contribution in [0.25, 0.3) is 11.5 Å². The van der Waals surface area contributed by atoms with Gasteiger partial charge in [-0.05, 0) is 12.8 Å². The van der Waals surface area contributed by atoms with E-state index in [1.54, 1.807) is 12.5 Å². The number of hydrogen-bond acceptors (Lipinski definition) is 4. The van der Waals surface area contributed by atoms with Crippen LogP contribution in [0.5, 0.6) is 0 Å². The highest BCUT2D eigenvalue weighted by atomic mass is 15.1. The second-order valence-electron chi connectivity index (χ2n) is 4.58. The fourth-order valence-corrected chi connectivity index (χ4v) is 1.72. The second-order valence-corrected chi connectivity index (χ2v) is 4.58. The van der Waals surface area contributed by atoms with Gasteiger partial charge in [-0.2, -0.15) is 0 Å². The Morgan fingerprint density at radius 3 is 2.67 bits per heavy atom. The van der Waals surface area contributed by atoms with Crippen molar-refractivity contribution in [2.75, 3.05) is 11.9 Å². The van der Waals surface area contributed by atoms with Crippen LogP contribution in [0.2, 0.25) is 0 Å². The molecule has 0 radical (unpaired) electrons. The van der Waals surface area contributed by atoms with Crippen LogP contribution in [0.4, 0.5) is 5.82 Å². The summed E-state index contributed by atoms with van der Waals surface area (Å²) < 4.78 is 1.93. The Morgan fingerprint density at radius 2 is 2.11 bits per heavy atom. The standard InChI is InChI=1S/C13H19N5/c1-5-15-12-6-10(9(2)3)16-13(17-12)11-7-14-8-18(11)4/h6-9H,5H2,1-4H3,(H,15,16,17). The molecule has 0 bridgehead atoms. The average molecular weight is 245 g/mol. The monoisotopic (exact) mass is 245 g/mol. The molecule has 0 fully saturated rings. The number of nitrogens with zero attached hydrogens (tertiary/aromatic N) is 4. The smallest absolute Gasteiger partial charge is 0.180 e. The van der Waals surface area contributed by atoms with E-state index in [0.717, 1.165) is 29.6 Å². The van der Waals surface area contributed by atoms with E-state index in [4.69, 9.17) is 0 Å². The van der Waals surface area contributed by atoms with Crippen LogP contribution in [-0.2, 0) is 7.05 Å². The summed E-state index contributed by atoms with van der Waals surface area (Å²) in [6, 6.07) is 2.01. The Morgan fingerprint density at radius 1 is 1.33 bits per heavy atom. The molecule has 2 rings (SSSR count). The van der Waals surface area contributed by atoms with Gasteiger partial charge in [0.2, 0.25) is 0 Å². The highest BCUT2D eigenvalue weighted by molar-refractivity contribution is 5.53. The zero-order chi connectivity index (χ0) is 13.1. The molecule has 0 saturated heterocycles. The largest absolute Gasteiger partial charge is 0.370 e. The van der Waals surface area contributed by atoms with Gasteiger partial charge >= 0.3 is 0 Å². The van der Waals surface area contributed by atoms with Crippen molar-refractivity contribution in [3.63, 3.8) is 0 Å². The summed E-state index contributed by atoms with van der Waals surface area (Å²) in [7, 11) is 1.95. The van der Waals surface area contributed by atoms with E-state index in [1.807, 2.05) is 17.7 Å². The van der Waals surface area contributed by atoms with Gasteiger partial charge < -0.3 is 9.88 Å². The van der Waals surface area contributed by atoms with E-state index in [0.29, 0.717) is 5.92 Å². The molecule has 5 heteroatoms. The summed E-state index contributed by atoms with van der Waals surface area (Å²) >= 11 is 0. The lowest BCUT2D eigenvalue weighted by Gasteiger charge is -2.11. The van der Waals surface area contributed by atoms with Crippen LogP contribution in [0.15, 0.2) is 18.6 Å². The van der Waals surface area contributed by atoms with Crippen molar-refractivity contribution in [1.29, 1.82) is 0 Å². The summed E-state index contributed by atoms with van der Waals surface area (Å²) in [6.45, 7) is 7.16. The van der Waals surface area contributed by atoms with Crippen LogP contribution in [0.3, 0.4) is 0 Å². The van der Waals surface area contributed by atoms with Gasteiger partial charge in [0.1, 0.15) is 11.5 Å². The SMILES string of the molecule is CCNc1cc(C(C)C)nc(-c2cncn2C)n1. The Labute approximate surface area is 107 Å². The fraction of sp³-hybridized carbons (Fsp3) is 0.462. The number of anilines is 1. The first-order valence-corrected chi connectivity index (χ1v) is 6.21. The molecule has 5 nitrogen and oxygen atoms in total. The molecule has 0 aliphatic rings. The van der Waals surface area contributed by atoms with E-state index in [2.05, 4.69) is 41.0 Å². The van der Waals surface area contributed by atoms with Gasteiger partial charge in [0.05, 0.1) is 12.5 Å². The molecule has 0 spiro atoms. The van der Waals surface area contributed by atoms with Crippen molar-refractivity contribution >= 4 is 5.82 Å². The molecule has 18 heavy (non-hydrogen) atoms. The fourth-order valence-electron chi connectivity index (χ4n) is 1.72. The third kappa shape index (κ3) is 2.50. The van der Waals surface area contributed by atoms with Crippen LogP contribution < -0.4 is 5.32 Å². The molecule has 0 aliphatic heterocycles. The van der Waals surface area contributed by atoms with Gasteiger partial charge in [-0.25, -0.2) is 15.0 Å². The number of nitrogens with one attached hydrogen (secondary N) is 1. The van der Waals surface area contributed by atoms with Crippen molar-refractivity contribution in [3.05, 3.63) is 24.3 Å². The number of hydrogen-bond donors (Lipinski definition) is 1. The molecule has 1 N–H and O–H groups in total. The van der Waals surface area contributed by atoms with Gasteiger partial charge in [0, 0.05) is 25.4 Å². The zero-order valence-electron chi connectivity index (χ0n) is 11.3. The molecule has 0 aliphatic carbocycles. The summed E-state index contributed by atoms with van der Waals surface area (Å²) in [5.41, 5.74) is 1.97. The lowest BCUT2D eigenvalue weighted by atomic mass is 10.1. The van der Waals surface area contributed by atoms with E-state index in [9.17, 15) is 0 Å². The highest BCUT2D eigenvalue weighted by Gasteiger charge is 2.11. The predicted molar refractivity (Wildman–Crippen MR) is 72.5 cm³/mol. The minimum absolute atomic E-state index is 0.373. The Balaban J connectivity index is 2.50. The third-order valence-electron chi connectivity index (χ3n) is 2.74. The molecule has 0 saturated carbocycles. The van der Waals surface area contributed by atoms with Gasteiger partial charge in [-0.1, -0.05) is 13.8 Å². The molecule has 2 aromatic heterocycles. The quantitative estimate of drug-likeness (QED) is 0.898. The van der Waals surface area contributed by atoms with E-state index in [-0.39, 0.29) is 0 Å². The van der Waals surface area contributed by atoms with Crippen LogP contribution >= 0.6 is 0 Å².